The molecule has 0 saturated carbocycles. The summed E-state index contributed by atoms with van der Waals surface area (Å²) >= 11 is 0. The fraction of sp³-hybridized carbons (Fsp3) is 0.350. The highest BCUT2D eigenvalue weighted by Gasteiger charge is 2.25. The third kappa shape index (κ3) is 3.32. The molecule has 7 heteroatoms. The predicted molar refractivity (Wildman–Crippen MR) is 100.0 cm³/mol. The van der Waals surface area contributed by atoms with Crippen molar-refractivity contribution in [2.75, 3.05) is 6.54 Å². The largest absolute Gasteiger partial charge is 0.491 e. The summed E-state index contributed by atoms with van der Waals surface area (Å²) < 4.78 is 12.9. The van der Waals surface area contributed by atoms with Gasteiger partial charge in [0.25, 0.3) is 5.91 Å². The molecule has 1 aromatic carbocycles. The van der Waals surface area contributed by atoms with Crippen LogP contribution in [0.1, 0.15) is 35.6 Å². The van der Waals surface area contributed by atoms with E-state index in [0.717, 1.165) is 11.4 Å². The summed E-state index contributed by atoms with van der Waals surface area (Å²) in [6.45, 7) is 7.32. The number of hydrogen-bond donors (Lipinski definition) is 0. The third-order valence-electron chi connectivity index (χ3n) is 4.52. The second kappa shape index (κ2) is 6.57. The van der Waals surface area contributed by atoms with Crippen LogP contribution in [-0.2, 0) is 13.1 Å². The molecule has 2 aromatic heterocycles. The lowest BCUT2D eigenvalue weighted by Gasteiger charge is -2.27. The van der Waals surface area contributed by atoms with E-state index in [0.29, 0.717) is 36.4 Å². The lowest BCUT2D eigenvalue weighted by molar-refractivity contribution is 0.0702. The number of carbonyl (C=O) groups excluding carboxylic acids is 1. The monoisotopic (exact) mass is 367 g/mol. The number of nitrogens with zero attached hydrogens (tertiary/aromatic N) is 3. The second-order valence-corrected chi connectivity index (χ2v) is 7.04. The summed E-state index contributed by atoms with van der Waals surface area (Å²) in [6, 6.07) is 8.83. The Labute approximate surface area is 156 Å². The van der Waals surface area contributed by atoms with Crippen molar-refractivity contribution in [3.8, 4) is 5.75 Å². The van der Waals surface area contributed by atoms with E-state index in [4.69, 9.17) is 9.15 Å². The van der Waals surface area contributed by atoms with Gasteiger partial charge in [0.2, 0.25) is 0 Å². The summed E-state index contributed by atoms with van der Waals surface area (Å²) in [5, 5.41) is 5.08. The smallest absolute Gasteiger partial charge is 0.349 e. The Hall–Kier alpha value is -3.09. The van der Waals surface area contributed by atoms with Crippen LogP contribution >= 0.6 is 0 Å². The van der Waals surface area contributed by atoms with Crippen molar-refractivity contribution in [1.29, 1.82) is 0 Å². The zero-order valence-electron chi connectivity index (χ0n) is 15.6. The van der Waals surface area contributed by atoms with Gasteiger partial charge in [0.1, 0.15) is 16.9 Å². The summed E-state index contributed by atoms with van der Waals surface area (Å²) in [4.78, 5) is 27.0. The van der Waals surface area contributed by atoms with Crippen molar-refractivity contribution in [3.05, 3.63) is 57.7 Å². The van der Waals surface area contributed by atoms with E-state index in [1.54, 1.807) is 29.2 Å². The maximum absolute atomic E-state index is 12.9. The molecule has 0 aliphatic carbocycles. The van der Waals surface area contributed by atoms with E-state index >= 15 is 0 Å². The number of aryl methyl sites for hydroxylation is 1. The van der Waals surface area contributed by atoms with Crippen molar-refractivity contribution >= 4 is 16.9 Å². The molecule has 0 unspecified atom stereocenters. The molecule has 0 N–H and O–H groups in total. The number of benzene rings is 1. The normalized spacial score (nSPS) is 13.9. The number of rotatable bonds is 3. The van der Waals surface area contributed by atoms with Gasteiger partial charge < -0.3 is 14.1 Å². The van der Waals surface area contributed by atoms with Crippen molar-refractivity contribution in [1.82, 2.24) is 14.7 Å². The molecule has 0 saturated heterocycles. The van der Waals surface area contributed by atoms with Crippen LogP contribution in [0.3, 0.4) is 0 Å². The summed E-state index contributed by atoms with van der Waals surface area (Å²) in [6.07, 6.45) is 0.0196. The number of aromatic nitrogens is 2. The zero-order valence-corrected chi connectivity index (χ0v) is 15.6. The number of fused-ring (bicyclic) bond motifs is 2. The first-order valence-electron chi connectivity index (χ1n) is 8.98. The Kier molecular flexibility index (Phi) is 4.22. The van der Waals surface area contributed by atoms with Gasteiger partial charge in [-0.2, -0.15) is 5.10 Å². The molecule has 27 heavy (non-hydrogen) atoms. The first-order chi connectivity index (χ1) is 12.9. The van der Waals surface area contributed by atoms with Crippen molar-refractivity contribution < 1.29 is 13.9 Å². The highest BCUT2D eigenvalue weighted by atomic mass is 16.5. The fourth-order valence-corrected chi connectivity index (χ4v) is 3.34. The van der Waals surface area contributed by atoms with Crippen molar-refractivity contribution in [2.24, 2.45) is 0 Å². The minimum Gasteiger partial charge on any atom is -0.491 e. The molecule has 0 spiro atoms. The van der Waals surface area contributed by atoms with Gasteiger partial charge in [-0.25, -0.2) is 4.79 Å². The Morgan fingerprint density at radius 3 is 2.81 bits per heavy atom. The van der Waals surface area contributed by atoms with Gasteiger partial charge in [-0.1, -0.05) is 0 Å². The van der Waals surface area contributed by atoms with Crippen LogP contribution in [0.15, 0.2) is 39.5 Å². The minimum absolute atomic E-state index is 0.0196. The molecular formula is C20H21N3O4. The van der Waals surface area contributed by atoms with Crippen LogP contribution in [0, 0.1) is 6.92 Å². The van der Waals surface area contributed by atoms with Gasteiger partial charge in [-0.3, -0.25) is 9.48 Å². The van der Waals surface area contributed by atoms with Crippen molar-refractivity contribution in [3.63, 3.8) is 0 Å². The fourth-order valence-electron chi connectivity index (χ4n) is 3.34. The molecule has 1 aliphatic heterocycles. The summed E-state index contributed by atoms with van der Waals surface area (Å²) in [7, 11) is 0. The Balaban J connectivity index is 1.64. The van der Waals surface area contributed by atoms with Crippen LogP contribution in [-0.4, -0.2) is 33.2 Å². The summed E-state index contributed by atoms with van der Waals surface area (Å²) in [5.41, 5.74) is 1.70. The molecule has 0 radical (unpaired) electrons. The lowest BCUT2D eigenvalue weighted by Crippen LogP contribution is -2.40. The molecule has 0 bridgehead atoms. The average molecular weight is 367 g/mol. The number of hydrogen-bond acceptors (Lipinski definition) is 5. The highest BCUT2D eigenvalue weighted by Crippen LogP contribution is 2.22. The predicted octanol–water partition coefficient (Wildman–Crippen LogP) is 2.74. The first kappa shape index (κ1) is 17.3. The van der Waals surface area contributed by atoms with Gasteiger partial charge in [-0.15, -0.1) is 0 Å². The molecule has 0 fully saturated rings. The van der Waals surface area contributed by atoms with Crippen LogP contribution in [0.25, 0.3) is 11.0 Å². The maximum Gasteiger partial charge on any atom is 0.349 e. The van der Waals surface area contributed by atoms with E-state index < -0.39 is 5.63 Å². The van der Waals surface area contributed by atoms with E-state index in [1.165, 1.54) is 0 Å². The van der Waals surface area contributed by atoms with Gasteiger partial charge in [0, 0.05) is 18.0 Å². The molecule has 4 rings (SSSR count). The first-order valence-corrected chi connectivity index (χ1v) is 8.98. The average Bonchev–Trinajstić information content (AvgIpc) is 2.99. The van der Waals surface area contributed by atoms with Gasteiger partial charge in [0.05, 0.1) is 30.6 Å². The van der Waals surface area contributed by atoms with E-state index in [2.05, 4.69) is 5.10 Å². The molecule has 1 aliphatic rings. The topological polar surface area (TPSA) is 77.6 Å². The minimum atomic E-state index is -0.635. The molecule has 1 amide bonds. The van der Waals surface area contributed by atoms with E-state index in [1.807, 2.05) is 31.5 Å². The zero-order chi connectivity index (χ0) is 19.1. The molecule has 140 valence electrons. The second-order valence-electron chi connectivity index (χ2n) is 7.04. The molecule has 7 nitrogen and oxygen atoms in total. The Bertz CT molecular complexity index is 1080. The quantitative estimate of drug-likeness (QED) is 0.665. The van der Waals surface area contributed by atoms with E-state index in [9.17, 15) is 9.59 Å². The Morgan fingerprint density at radius 1 is 1.22 bits per heavy atom. The highest BCUT2D eigenvalue weighted by molar-refractivity contribution is 5.96. The SMILES string of the molecule is Cc1cc2n(n1)CCN(C(=O)c1cc3ccc(OC(C)C)cc3oc1=O)C2. The number of carbonyl (C=O) groups is 1. The standard InChI is InChI=1S/C20H21N3O4/c1-12(2)26-16-5-4-14-9-17(20(25)27-18(14)10-16)19(24)22-6-7-23-15(11-22)8-13(3)21-23/h4-5,8-10,12H,6-7,11H2,1-3H3. The van der Waals surface area contributed by atoms with Gasteiger partial charge in [-0.05, 0) is 45.0 Å². The van der Waals surface area contributed by atoms with Crippen LogP contribution in [0.2, 0.25) is 0 Å². The lowest BCUT2D eigenvalue weighted by atomic mass is 10.1. The van der Waals surface area contributed by atoms with Gasteiger partial charge in [0.15, 0.2) is 0 Å². The molecule has 3 aromatic rings. The van der Waals surface area contributed by atoms with Crippen LogP contribution in [0.5, 0.6) is 5.75 Å². The van der Waals surface area contributed by atoms with Crippen LogP contribution in [0.4, 0.5) is 0 Å². The van der Waals surface area contributed by atoms with Crippen molar-refractivity contribution in [2.45, 2.75) is 40.0 Å². The van der Waals surface area contributed by atoms with Crippen LogP contribution < -0.4 is 10.4 Å². The van der Waals surface area contributed by atoms with Gasteiger partial charge >= 0.3 is 5.63 Å². The Morgan fingerprint density at radius 2 is 2.04 bits per heavy atom. The number of amides is 1. The van der Waals surface area contributed by atoms with E-state index in [-0.39, 0.29) is 17.6 Å². The molecule has 3 heterocycles. The maximum atomic E-state index is 12.9. The molecular weight excluding hydrogens is 346 g/mol. The summed E-state index contributed by atoms with van der Waals surface area (Å²) in [5.74, 6) is 0.303. The molecule has 0 atom stereocenters. The third-order valence-corrected chi connectivity index (χ3v) is 4.52. The number of ether oxygens (including phenoxy) is 1.